The highest BCUT2D eigenvalue weighted by molar-refractivity contribution is 5.68. The minimum atomic E-state index is -0.445. The van der Waals surface area contributed by atoms with Crippen molar-refractivity contribution in [1.29, 1.82) is 0 Å². The zero-order valence-electron chi connectivity index (χ0n) is 12.7. The van der Waals surface area contributed by atoms with Crippen molar-refractivity contribution in [2.45, 2.75) is 45.9 Å². The Morgan fingerprint density at radius 3 is 2.70 bits per heavy atom. The molecule has 1 aromatic rings. The Morgan fingerprint density at radius 1 is 1.30 bits per heavy atom. The molecule has 1 amide bonds. The van der Waals surface area contributed by atoms with E-state index in [1.807, 2.05) is 20.8 Å². The fourth-order valence-corrected chi connectivity index (χ4v) is 2.35. The van der Waals surface area contributed by atoms with Gasteiger partial charge in [-0.3, -0.25) is 0 Å². The molecule has 1 aliphatic heterocycles. The van der Waals surface area contributed by atoms with Crippen LogP contribution in [0.4, 0.5) is 4.79 Å². The lowest BCUT2D eigenvalue weighted by Gasteiger charge is -2.31. The topological polar surface area (TPSA) is 38.8 Å². The van der Waals surface area contributed by atoms with Crippen molar-refractivity contribution >= 4 is 6.09 Å². The van der Waals surface area contributed by atoms with Crippen molar-refractivity contribution in [2.24, 2.45) is 0 Å². The maximum absolute atomic E-state index is 12.1. The second-order valence-corrected chi connectivity index (χ2v) is 6.19. The van der Waals surface area contributed by atoms with E-state index in [0.29, 0.717) is 19.7 Å². The van der Waals surface area contributed by atoms with Crippen LogP contribution in [0, 0.1) is 0 Å². The Morgan fingerprint density at radius 2 is 2.05 bits per heavy atom. The summed E-state index contributed by atoms with van der Waals surface area (Å²) in [5, 5.41) is 0. The van der Waals surface area contributed by atoms with Gasteiger partial charge in [-0.25, -0.2) is 4.79 Å². The van der Waals surface area contributed by atoms with E-state index >= 15 is 0 Å². The minimum Gasteiger partial charge on any atom is -0.444 e. The van der Waals surface area contributed by atoms with Crippen LogP contribution in [-0.2, 0) is 29.0 Å². The van der Waals surface area contributed by atoms with Crippen LogP contribution in [0.1, 0.15) is 37.5 Å². The molecule has 1 aliphatic rings. The smallest absolute Gasteiger partial charge is 0.410 e. The van der Waals surface area contributed by atoms with Crippen molar-refractivity contribution in [3.63, 3.8) is 0 Å². The van der Waals surface area contributed by atoms with Crippen LogP contribution >= 0.6 is 0 Å². The fourth-order valence-electron chi connectivity index (χ4n) is 2.35. The standard InChI is InChI=1S/C16H23NO3/c1-16(2,3)20-15(18)17-8-7-13-9-12(11-19-4)5-6-14(13)10-17/h5-6,9H,7-8,10-11H2,1-4H3. The average molecular weight is 277 g/mol. The van der Waals surface area contributed by atoms with Gasteiger partial charge >= 0.3 is 6.09 Å². The maximum Gasteiger partial charge on any atom is 0.410 e. The summed E-state index contributed by atoms with van der Waals surface area (Å²) in [6.07, 6.45) is 0.635. The van der Waals surface area contributed by atoms with E-state index in [-0.39, 0.29) is 6.09 Å². The summed E-state index contributed by atoms with van der Waals surface area (Å²) >= 11 is 0. The molecule has 0 N–H and O–H groups in total. The Hall–Kier alpha value is -1.55. The van der Waals surface area contributed by atoms with Gasteiger partial charge in [-0.15, -0.1) is 0 Å². The van der Waals surface area contributed by atoms with Gasteiger partial charge in [0.15, 0.2) is 0 Å². The van der Waals surface area contributed by atoms with Crippen LogP contribution in [0.25, 0.3) is 0 Å². The monoisotopic (exact) mass is 277 g/mol. The molecule has 0 atom stereocenters. The molecule has 4 heteroatoms. The van der Waals surface area contributed by atoms with Gasteiger partial charge in [0, 0.05) is 20.2 Å². The quantitative estimate of drug-likeness (QED) is 0.833. The van der Waals surface area contributed by atoms with Crippen LogP contribution in [0.5, 0.6) is 0 Å². The third-order valence-corrected chi connectivity index (χ3v) is 3.25. The van der Waals surface area contributed by atoms with E-state index in [9.17, 15) is 4.79 Å². The van der Waals surface area contributed by atoms with Crippen molar-refractivity contribution in [3.8, 4) is 0 Å². The Labute approximate surface area is 120 Å². The zero-order chi connectivity index (χ0) is 14.8. The predicted octanol–water partition coefficient (Wildman–Crippen LogP) is 3.13. The molecule has 0 spiro atoms. The molecular weight excluding hydrogens is 254 g/mol. The van der Waals surface area contributed by atoms with Gasteiger partial charge in [0.1, 0.15) is 5.60 Å². The van der Waals surface area contributed by atoms with E-state index in [1.165, 1.54) is 16.7 Å². The number of ether oxygens (including phenoxy) is 2. The zero-order valence-corrected chi connectivity index (χ0v) is 12.7. The second kappa shape index (κ2) is 5.83. The number of fused-ring (bicyclic) bond motifs is 1. The molecule has 0 fully saturated rings. The van der Waals surface area contributed by atoms with Crippen molar-refractivity contribution in [1.82, 2.24) is 4.90 Å². The molecule has 110 valence electrons. The second-order valence-electron chi connectivity index (χ2n) is 6.19. The molecular formula is C16H23NO3. The minimum absolute atomic E-state index is 0.232. The highest BCUT2D eigenvalue weighted by atomic mass is 16.6. The normalized spacial score (nSPS) is 14.9. The first-order chi connectivity index (χ1) is 9.39. The van der Waals surface area contributed by atoms with Crippen molar-refractivity contribution < 1.29 is 14.3 Å². The van der Waals surface area contributed by atoms with Crippen LogP contribution in [0.15, 0.2) is 18.2 Å². The van der Waals surface area contributed by atoms with E-state index < -0.39 is 5.60 Å². The number of carbonyl (C=O) groups is 1. The van der Waals surface area contributed by atoms with Gasteiger partial charge < -0.3 is 14.4 Å². The van der Waals surface area contributed by atoms with Gasteiger partial charge in [0.25, 0.3) is 0 Å². The average Bonchev–Trinajstić information content (AvgIpc) is 2.36. The summed E-state index contributed by atoms with van der Waals surface area (Å²) in [6, 6.07) is 6.31. The molecule has 0 saturated carbocycles. The summed E-state index contributed by atoms with van der Waals surface area (Å²) in [4.78, 5) is 13.8. The third kappa shape index (κ3) is 3.73. The molecule has 0 bridgehead atoms. The Kier molecular flexibility index (Phi) is 4.33. The van der Waals surface area contributed by atoms with Crippen LogP contribution in [-0.4, -0.2) is 30.2 Å². The number of methoxy groups -OCH3 is 1. The Balaban J connectivity index is 2.06. The van der Waals surface area contributed by atoms with Gasteiger partial charge in [0.05, 0.1) is 6.61 Å². The maximum atomic E-state index is 12.1. The number of rotatable bonds is 2. The lowest BCUT2D eigenvalue weighted by Crippen LogP contribution is -2.39. The van der Waals surface area contributed by atoms with E-state index in [4.69, 9.17) is 9.47 Å². The largest absolute Gasteiger partial charge is 0.444 e. The van der Waals surface area contributed by atoms with Crippen LogP contribution < -0.4 is 0 Å². The van der Waals surface area contributed by atoms with Gasteiger partial charge in [-0.2, -0.15) is 0 Å². The lowest BCUT2D eigenvalue weighted by atomic mass is 9.98. The lowest BCUT2D eigenvalue weighted by molar-refractivity contribution is 0.0224. The number of amides is 1. The summed E-state index contributed by atoms with van der Waals surface area (Å²) < 4.78 is 10.6. The molecule has 4 nitrogen and oxygen atoms in total. The number of hydrogen-bond donors (Lipinski definition) is 0. The van der Waals surface area contributed by atoms with Gasteiger partial charge in [-0.05, 0) is 43.9 Å². The predicted molar refractivity (Wildman–Crippen MR) is 77.5 cm³/mol. The molecule has 1 heterocycles. The van der Waals surface area contributed by atoms with Gasteiger partial charge in [0.2, 0.25) is 0 Å². The first-order valence-corrected chi connectivity index (χ1v) is 6.96. The first-order valence-electron chi connectivity index (χ1n) is 6.96. The SMILES string of the molecule is COCc1ccc2c(c1)CCN(C(=O)OC(C)(C)C)C2. The van der Waals surface area contributed by atoms with Crippen LogP contribution in [0.3, 0.4) is 0 Å². The number of carbonyl (C=O) groups excluding carboxylic acids is 1. The summed E-state index contributed by atoms with van der Waals surface area (Å²) in [5.41, 5.74) is 3.23. The molecule has 0 unspecified atom stereocenters. The summed E-state index contributed by atoms with van der Waals surface area (Å²) in [7, 11) is 1.70. The number of hydrogen-bond acceptors (Lipinski definition) is 3. The van der Waals surface area contributed by atoms with Crippen molar-refractivity contribution in [3.05, 3.63) is 34.9 Å². The van der Waals surface area contributed by atoms with E-state index in [2.05, 4.69) is 18.2 Å². The van der Waals surface area contributed by atoms with E-state index in [1.54, 1.807) is 12.0 Å². The Bertz CT molecular complexity index is 491. The molecule has 0 saturated heterocycles. The fraction of sp³-hybridized carbons (Fsp3) is 0.562. The number of nitrogens with zero attached hydrogens (tertiary/aromatic N) is 1. The van der Waals surface area contributed by atoms with Crippen LogP contribution in [0.2, 0.25) is 0 Å². The first kappa shape index (κ1) is 14.9. The third-order valence-electron chi connectivity index (χ3n) is 3.25. The molecule has 2 rings (SSSR count). The highest BCUT2D eigenvalue weighted by Gasteiger charge is 2.25. The number of benzene rings is 1. The summed E-state index contributed by atoms with van der Waals surface area (Å²) in [5.74, 6) is 0. The van der Waals surface area contributed by atoms with Gasteiger partial charge in [-0.1, -0.05) is 18.2 Å². The van der Waals surface area contributed by atoms with Crippen molar-refractivity contribution in [2.75, 3.05) is 13.7 Å². The van der Waals surface area contributed by atoms with E-state index in [0.717, 1.165) is 6.42 Å². The molecule has 20 heavy (non-hydrogen) atoms. The molecule has 0 radical (unpaired) electrons. The molecule has 0 aromatic heterocycles. The molecule has 1 aromatic carbocycles. The highest BCUT2D eigenvalue weighted by Crippen LogP contribution is 2.22. The molecule has 0 aliphatic carbocycles. The summed E-state index contributed by atoms with van der Waals surface area (Å²) in [6.45, 7) is 7.62.